The molecule has 0 aliphatic heterocycles. The highest BCUT2D eigenvalue weighted by Gasteiger charge is 2.25. The summed E-state index contributed by atoms with van der Waals surface area (Å²) in [5.41, 5.74) is 1.60. The molecule has 0 bridgehead atoms. The van der Waals surface area contributed by atoms with Crippen LogP contribution in [0.2, 0.25) is 0 Å². The molecule has 2 aromatic rings. The molecular weight excluding hydrogens is 302 g/mol. The molecule has 24 heavy (non-hydrogen) atoms. The van der Waals surface area contributed by atoms with Gasteiger partial charge in [0.05, 0.1) is 6.07 Å². The second-order valence-corrected chi connectivity index (χ2v) is 6.67. The molecule has 1 atom stereocenters. The fourth-order valence-electron chi connectivity index (χ4n) is 2.32. The molecule has 1 aromatic carbocycles. The maximum Gasteiger partial charge on any atom is 0.187 e. The Bertz CT molecular complexity index is 763. The molecular formula is C19H21N3O2. The van der Waals surface area contributed by atoms with Crippen LogP contribution in [0, 0.1) is 25.2 Å². The summed E-state index contributed by atoms with van der Waals surface area (Å²) in [6.45, 7) is 9.49. The van der Waals surface area contributed by atoms with Crippen LogP contribution in [0.4, 0.5) is 0 Å². The van der Waals surface area contributed by atoms with Crippen molar-refractivity contribution in [1.29, 1.82) is 5.26 Å². The van der Waals surface area contributed by atoms with E-state index in [1.807, 2.05) is 40.7 Å². The number of nitriles is 1. The van der Waals surface area contributed by atoms with Gasteiger partial charge in [-0.2, -0.15) is 5.26 Å². The summed E-state index contributed by atoms with van der Waals surface area (Å²) in [4.78, 5) is 21.1. The van der Waals surface area contributed by atoms with Crippen LogP contribution in [0.25, 0.3) is 0 Å². The van der Waals surface area contributed by atoms with Gasteiger partial charge in [0, 0.05) is 17.0 Å². The molecule has 1 aromatic heterocycles. The summed E-state index contributed by atoms with van der Waals surface area (Å²) >= 11 is 0. The standard InChI is InChI=1S/C19H21N3O2/c1-12-10-13(2)22-18(21-12)16(11-20)17(23)14-6-8-15(9-7-14)24-19(3,4)5/h6-10,16H,1-5H3. The lowest BCUT2D eigenvalue weighted by Gasteiger charge is -2.21. The second-order valence-electron chi connectivity index (χ2n) is 6.67. The van der Waals surface area contributed by atoms with Crippen LogP contribution >= 0.6 is 0 Å². The predicted octanol–water partition coefficient (Wildman–Crippen LogP) is 3.76. The fourth-order valence-corrected chi connectivity index (χ4v) is 2.32. The van der Waals surface area contributed by atoms with Crippen molar-refractivity contribution in [3.05, 3.63) is 53.1 Å². The van der Waals surface area contributed by atoms with Gasteiger partial charge in [-0.1, -0.05) is 0 Å². The number of carbonyl (C=O) groups excluding carboxylic acids is 1. The maximum atomic E-state index is 12.7. The summed E-state index contributed by atoms with van der Waals surface area (Å²) < 4.78 is 5.74. The van der Waals surface area contributed by atoms with E-state index in [0.717, 1.165) is 11.4 Å². The molecule has 5 heteroatoms. The zero-order chi connectivity index (χ0) is 17.9. The summed E-state index contributed by atoms with van der Waals surface area (Å²) in [6.07, 6.45) is 0. The third-order valence-corrected chi connectivity index (χ3v) is 3.21. The average Bonchev–Trinajstić information content (AvgIpc) is 2.46. The van der Waals surface area contributed by atoms with Gasteiger partial charge in [-0.15, -0.1) is 0 Å². The number of ketones is 1. The van der Waals surface area contributed by atoms with Gasteiger partial charge in [0.15, 0.2) is 17.5 Å². The topological polar surface area (TPSA) is 75.9 Å². The minimum absolute atomic E-state index is 0.245. The average molecular weight is 323 g/mol. The first kappa shape index (κ1) is 17.6. The summed E-state index contributed by atoms with van der Waals surface area (Å²) in [5.74, 6) is -0.409. The van der Waals surface area contributed by atoms with Gasteiger partial charge in [-0.3, -0.25) is 4.79 Å². The van der Waals surface area contributed by atoms with Crippen molar-refractivity contribution in [2.75, 3.05) is 0 Å². The van der Waals surface area contributed by atoms with Crippen LogP contribution in [0.5, 0.6) is 5.75 Å². The van der Waals surface area contributed by atoms with Crippen LogP contribution in [0.15, 0.2) is 30.3 Å². The van der Waals surface area contributed by atoms with Crippen LogP contribution in [0.3, 0.4) is 0 Å². The van der Waals surface area contributed by atoms with E-state index in [-0.39, 0.29) is 17.2 Å². The van der Waals surface area contributed by atoms with Gasteiger partial charge in [0.2, 0.25) is 0 Å². The number of aryl methyl sites for hydroxylation is 2. The summed E-state index contributed by atoms with van der Waals surface area (Å²) in [6, 6.07) is 10.6. The molecule has 1 unspecified atom stereocenters. The molecule has 0 N–H and O–H groups in total. The van der Waals surface area contributed by atoms with Gasteiger partial charge in [-0.25, -0.2) is 9.97 Å². The molecule has 0 spiro atoms. The number of benzene rings is 1. The fraction of sp³-hybridized carbons (Fsp3) is 0.368. The van der Waals surface area contributed by atoms with Gasteiger partial charge in [0.1, 0.15) is 11.4 Å². The van der Waals surface area contributed by atoms with Crippen LogP contribution in [-0.4, -0.2) is 21.4 Å². The molecule has 0 amide bonds. The Hall–Kier alpha value is -2.74. The third-order valence-electron chi connectivity index (χ3n) is 3.21. The lowest BCUT2D eigenvalue weighted by atomic mass is 9.97. The van der Waals surface area contributed by atoms with E-state index in [4.69, 9.17) is 4.74 Å². The van der Waals surface area contributed by atoms with Crippen molar-refractivity contribution in [1.82, 2.24) is 9.97 Å². The number of ether oxygens (including phenoxy) is 1. The molecule has 1 heterocycles. The van der Waals surface area contributed by atoms with E-state index in [9.17, 15) is 10.1 Å². The minimum Gasteiger partial charge on any atom is -0.488 e. The highest BCUT2D eigenvalue weighted by Crippen LogP contribution is 2.22. The first-order valence-corrected chi connectivity index (χ1v) is 7.75. The molecule has 0 aliphatic carbocycles. The van der Waals surface area contributed by atoms with E-state index >= 15 is 0 Å². The Morgan fingerprint density at radius 3 is 2.12 bits per heavy atom. The van der Waals surface area contributed by atoms with Crippen LogP contribution in [0.1, 0.15) is 54.3 Å². The normalized spacial score (nSPS) is 12.3. The number of Topliss-reactive ketones (excluding diaryl/α,β-unsaturated/α-hetero) is 1. The Balaban J connectivity index is 2.27. The Morgan fingerprint density at radius 1 is 1.12 bits per heavy atom. The number of aromatic nitrogens is 2. The largest absolute Gasteiger partial charge is 0.488 e. The monoisotopic (exact) mass is 323 g/mol. The van der Waals surface area contributed by atoms with Gasteiger partial charge in [-0.05, 0) is 65.0 Å². The van der Waals surface area contributed by atoms with Gasteiger partial charge in [0.25, 0.3) is 0 Å². The van der Waals surface area contributed by atoms with Crippen molar-refractivity contribution in [2.24, 2.45) is 0 Å². The molecule has 124 valence electrons. The zero-order valence-corrected chi connectivity index (χ0v) is 14.6. The van der Waals surface area contributed by atoms with E-state index < -0.39 is 5.92 Å². The van der Waals surface area contributed by atoms with Crippen molar-refractivity contribution >= 4 is 5.78 Å². The predicted molar refractivity (Wildman–Crippen MR) is 91.0 cm³/mol. The maximum absolute atomic E-state index is 12.7. The van der Waals surface area contributed by atoms with E-state index in [1.54, 1.807) is 30.3 Å². The molecule has 0 aliphatic rings. The molecule has 0 saturated heterocycles. The molecule has 0 fully saturated rings. The third kappa shape index (κ3) is 4.39. The number of nitrogens with zero attached hydrogens (tertiary/aromatic N) is 3. The molecule has 0 saturated carbocycles. The first-order chi connectivity index (χ1) is 11.2. The first-order valence-electron chi connectivity index (χ1n) is 7.75. The minimum atomic E-state index is -1.02. The Labute approximate surface area is 142 Å². The molecule has 2 rings (SSSR count). The van der Waals surface area contributed by atoms with E-state index in [2.05, 4.69) is 9.97 Å². The van der Waals surface area contributed by atoms with Crippen LogP contribution < -0.4 is 4.74 Å². The highest BCUT2D eigenvalue weighted by atomic mass is 16.5. The van der Waals surface area contributed by atoms with E-state index in [1.165, 1.54) is 0 Å². The lowest BCUT2D eigenvalue weighted by Crippen LogP contribution is -2.23. The zero-order valence-electron chi connectivity index (χ0n) is 14.6. The second kappa shape index (κ2) is 6.79. The molecule has 0 radical (unpaired) electrons. The Morgan fingerprint density at radius 2 is 1.67 bits per heavy atom. The smallest absolute Gasteiger partial charge is 0.187 e. The Kier molecular flexibility index (Phi) is 4.99. The van der Waals surface area contributed by atoms with E-state index in [0.29, 0.717) is 11.3 Å². The van der Waals surface area contributed by atoms with Crippen molar-refractivity contribution in [3.63, 3.8) is 0 Å². The SMILES string of the molecule is Cc1cc(C)nc(C(C#N)C(=O)c2ccc(OC(C)(C)C)cc2)n1. The van der Waals surface area contributed by atoms with Crippen molar-refractivity contribution in [3.8, 4) is 11.8 Å². The summed E-state index contributed by atoms with van der Waals surface area (Å²) in [5, 5.41) is 9.42. The molecule has 5 nitrogen and oxygen atoms in total. The number of carbonyl (C=O) groups is 1. The quantitative estimate of drug-likeness (QED) is 0.801. The van der Waals surface area contributed by atoms with Gasteiger partial charge < -0.3 is 4.74 Å². The summed E-state index contributed by atoms with van der Waals surface area (Å²) in [7, 11) is 0. The van der Waals surface area contributed by atoms with Gasteiger partial charge >= 0.3 is 0 Å². The van der Waals surface area contributed by atoms with Crippen molar-refractivity contribution < 1.29 is 9.53 Å². The van der Waals surface area contributed by atoms with Crippen molar-refractivity contribution in [2.45, 2.75) is 46.1 Å². The number of hydrogen-bond acceptors (Lipinski definition) is 5. The number of rotatable bonds is 4. The van der Waals surface area contributed by atoms with Crippen LogP contribution in [-0.2, 0) is 0 Å². The number of hydrogen-bond donors (Lipinski definition) is 0. The highest BCUT2D eigenvalue weighted by molar-refractivity contribution is 6.02. The lowest BCUT2D eigenvalue weighted by molar-refractivity contribution is 0.0976.